The topological polar surface area (TPSA) is 129 Å². The summed E-state index contributed by atoms with van der Waals surface area (Å²) in [6.45, 7) is 1.11. The van der Waals surface area contributed by atoms with Gasteiger partial charge >= 0.3 is 0 Å². The summed E-state index contributed by atoms with van der Waals surface area (Å²) in [6.07, 6.45) is 3.13. The molecule has 3 rings (SSSR count). The molecule has 0 saturated heterocycles. The molecule has 0 aliphatic heterocycles. The number of pyridine rings is 1. The highest BCUT2D eigenvalue weighted by molar-refractivity contribution is 7.99. The van der Waals surface area contributed by atoms with E-state index in [0.29, 0.717) is 22.0 Å². The van der Waals surface area contributed by atoms with E-state index in [1.165, 1.54) is 36.0 Å². The number of amides is 2. The van der Waals surface area contributed by atoms with Gasteiger partial charge in [-0.2, -0.15) is 5.26 Å². The molecule has 1 aromatic heterocycles. The molecule has 1 heterocycles. The van der Waals surface area contributed by atoms with Gasteiger partial charge in [0.1, 0.15) is 11.1 Å². The van der Waals surface area contributed by atoms with Crippen molar-refractivity contribution in [3.63, 3.8) is 0 Å². The molecule has 2 aromatic rings. The molecule has 0 fully saturated rings. The van der Waals surface area contributed by atoms with Crippen LogP contribution in [-0.2, 0) is 32.5 Å². The summed E-state index contributed by atoms with van der Waals surface area (Å²) < 4.78 is 25.7. The normalized spacial score (nSPS) is 12.7. The molecule has 0 unspecified atom stereocenters. The highest BCUT2D eigenvalue weighted by Gasteiger charge is 2.17. The number of carbonyl (C=O) groups is 2. The van der Waals surface area contributed by atoms with Crippen LogP contribution in [0.3, 0.4) is 0 Å². The van der Waals surface area contributed by atoms with Crippen molar-refractivity contribution < 1.29 is 18.0 Å². The number of benzene rings is 1. The number of fused-ring (bicyclic) bond motifs is 1. The average molecular weight is 445 g/mol. The van der Waals surface area contributed by atoms with Crippen molar-refractivity contribution in [2.24, 2.45) is 0 Å². The zero-order valence-electron chi connectivity index (χ0n) is 16.3. The molecule has 0 saturated carbocycles. The van der Waals surface area contributed by atoms with Gasteiger partial charge in [-0.1, -0.05) is 0 Å². The highest BCUT2D eigenvalue weighted by Crippen LogP contribution is 2.28. The van der Waals surface area contributed by atoms with E-state index in [1.54, 1.807) is 0 Å². The summed E-state index contributed by atoms with van der Waals surface area (Å²) in [5, 5.41) is 12.7. The fourth-order valence-corrected chi connectivity index (χ4v) is 4.98. The second-order valence-electron chi connectivity index (χ2n) is 6.74. The first-order valence-electron chi connectivity index (χ1n) is 9.27. The number of nitriles is 1. The lowest BCUT2D eigenvalue weighted by Crippen LogP contribution is -2.28. The van der Waals surface area contributed by atoms with Crippen LogP contribution >= 0.6 is 11.8 Å². The van der Waals surface area contributed by atoms with Crippen LogP contribution in [0, 0.1) is 11.3 Å². The van der Waals surface area contributed by atoms with E-state index in [9.17, 15) is 23.3 Å². The van der Waals surface area contributed by atoms with Gasteiger partial charge in [0.15, 0.2) is 0 Å². The number of thioether (sulfide) groups is 1. The van der Waals surface area contributed by atoms with Crippen molar-refractivity contribution >= 4 is 39.3 Å². The second-order valence-corrected chi connectivity index (χ2v) is 9.51. The lowest BCUT2D eigenvalue weighted by atomic mass is 10.2. The fourth-order valence-electron chi connectivity index (χ4n) is 3.07. The molecule has 0 bridgehead atoms. The number of hydrogen-bond acceptors (Lipinski definition) is 7. The third-order valence-corrected chi connectivity index (χ3v) is 6.87. The Morgan fingerprint density at radius 3 is 2.63 bits per heavy atom. The Morgan fingerprint density at radius 1 is 1.23 bits per heavy atom. The Labute approximate surface area is 179 Å². The number of carbonyl (C=O) groups excluding carboxylic acids is 2. The van der Waals surface area contributed by atoms with E-state index in [4.69, 9.17) is 0 Å². The number of aromatic nitrogens is 1. The average Bonchev–Trinajstić information content (AvgIpc) is 3.14. The Morgan fingerprint density at radius 2 is 1.97 bits per heavy atom. The van der Waals surface area contributed by atoms with Crippen molar-refractivity contribution in [3.8, 4) is 6.07 Å². The highest BCUT2D eigenvalue weighted by atomic mass is 32.2. The van der Waals surface area contributed by atoms with Gasteiger partial charge in [-0.05, 0) is 55.2 Å². The third-order valence-electron chi connectivity index (χ3n) is 4.43. The van der Waals surface area contributed by atoms with Crippen LogP contribution in [0.15, 0.2) is 40.3 Å². The number of aryl methyl sites for hydroxylation is 2. The minimum Gasteiger partial charge on any atom is -0.326 e. The molecule has 30 heavy (non-hydrogen) atoms. The van der Waals surface area contributed by atoms with E-state index >= 15 is 0 Å². The lowest BCUT2D eigenvalue weighted by molar-refractivity contribution is -0.117. The van der Waals surface area contributed by atoms with Crippen molar-refractivity contribution in [1.82, 2.24) is 9.71 Å². The van der Waals surface area contributed by atoms with Gasteiger partial charge in [-0.25, -0.2) is 18.1 Å². The predicted octanol–water partition coefficient (Wildman–Crippen LogP) is 2.39. The van der Waals surface area contributed by atoms with Gasteiger partial charge in [0.2, 0.25) is 11.8 Å². The predicted molar refractivity (Wildman–Crippen MR) is 112 cm³/mol. The maximum absolute atomic E-state index is 12.2. The molecule has 0 radical (unpaired) electrons. The van der Waals surface area contributed by atoms with Crippen LogP contribution in [0.5, 0.6) is 0 Å². The van der Waals surface area contributed by atoms with Gasteiger partial charge in [-0.3, -0.25) is 9.59 Å². The van der Waals surface area contributed by atoms with E-state index < -0.39 is 15.9 Å². The number of hydrogen-bond donors (Lipinski definition) is 2. The maximum Gasteiger partial charge on any atom is 0.264 e. The molecular weight excluding hydrogens is 424 g/mol. The number of anilines is 1. The van der Waals surface area contributed by atoms with Crippen molar-refractivity contribution in [3.05, 3.63) is 47.2 Å². The standard InChI is InChI=1S/C20H20N4O4S2/c1-13(25)24-30(27,28)17-7-5-16(6-8-17)22-19(26)9-10-29-20-15(12-21)11-14-3-2-4-18(14)23-20/h5-8,11H,2-4,9-10H2,1H3,(H,22,26)(H,24,25). The molecule has 1 aliphatic carbocycles. The van der Waals surface area contributed by atoms with Gasteiger partial charge in [-0.15, -0.1) is 11.8 Å². The van der Waals surface area contributed by atoms with E-state index in [0.717, 1.165) is 37.4 Å². The molecule has 1 aromatic carbocycles. The smallest absolute Gasteiger partial charge is 0.264 e. The fraction of sp³-hybridized carbons (Fsp3) is 0.300. The van der Waals surface area contributed by atoms with E-state index in [-0.39, 0.29) is 17.2 Å². The van der Waals surface area contributed by atoms with E-state index in [2.05, 4.69) is 16.4 Å². The summed E-state index contributed by atoms with van der Waals surface area (Å²) in [5.74, 6) is -0.455. The van der Waals surface area contributed by atoms with Gasteiger partial charge in [0, 0.05) is 30.5 Å². The van der Waals surface area contributed by atoms with Gasteiger partial charge in [0.25, 0.3) is 10.0 Å². The first-order valence-corrected chi connectivity index (χ1v) is 11.7. The first kappa shape index (κ1) is 21.8. The zero-order valence-corrected chi connectivity index (χ0v) is 17.9. The van der Waals surface area contributed by atoms with E-state index in [1.807, 2.05) is 10.8 Å². The number of sulfonamides is 1. The first-order chi connectivity index (χ1) is 14.3. The molecule has 156 valence electrons. The molecule has 2 amide bonds. The largest absolute Gasteiger partial charge is 0.326 e. The lowest BCUT2D eigenvalue weighted by Gasteiger charge is -2.08. The summed E-state index contributed by atoms with van der Waals surface area (Å²) in [6, 6.07) is 9.60. The van der Waals surface area contributed by atoms with Crippen LogP contribution in [0.4, 0.5) is 5.69 Å². The summed E-state index contributed by atoms with van der Waals surface area (Å²) in [7, 11) is -3.91. The minimum atomic E-state index is -3.91. The third kappa shape index (κ3) is 5.37. The van der Waals surface area contributed by atoms with Crippen molar-refractivity contribution in [1.29, 1.82) is 5.26 Å². The molecular formula is C20H20N4O4S2. The molecule has 8 nitrogen and oxygen atoms in total. The Balaban J connectivity index is 1.54. The Bertz CT molecular complexity index is 1120. The maximum atomic E-state index is 12.2. The molecule has 10 heteroatoms. The zero-order chi connectivity index (χ0) is 21.7. The number of rotatable bonds is 7. The Kier molecular flexibility index (Phi) is 6.74. The van der Waals surface area contributed by atoms with Crippen LogP contribution in [0.25, 0.3) is 0 Å². The molecule has 0 atom stereocenters. The van der Waals surface area contributed by atoms with Crippen LogP contribution < -0.4 is 10.0 Å². The second kappa shape index (κ2) is 9.28. The number of nitrogens with zero attached hydrogens (tertiary/aromatic N) is 2. The summed E-state index contributed by atoms with van der Waals surface area (Å²) in [4.78, 5) is 27.7. The SMILES string of the molecule is CC(=O)NS(=O)(=O)c1ccc(NC(=O)CCSc2nc3c(cc2C#N)CCC3)cc1. The molecule has 0 spiro atoms. The van der Waals surface area contributed by atoms with Crippen LogP contribution in [0.2, 0.25) is 0 Å². The van der Waals surface area contributed by atoms with Crippen molar-refractivity contribution in [2.45, 2.75) is 42.5 Å². The van der Waals surface area contributed by atoms with Gasteiger partial charge in [0.05, 0.1) is 10.5 Å². The van der Waals surface area contributed by atoms with Gasteiger partial charge < -0.3 is 5.32 Å². The Hall–Kier alpha value is -2.90. The van der Waals surface area contributed by atoms with Crippen LogP contribution in [-0.4, -0.2) is 31.0 Å². The number of nitrogens with one attached hydrogen (secondary N) is 2. The van der Waals surface area contributed by atoms with Crippen molar-refractivity contribution in [2.75, 3.05) is 11.1 Å². The minimum absolute atomic E-state index is 0.0713. The monoisotopic (exact) mass is 444 g/mol. The summed E-state index contributed by atoms with van der Waals surface area (Å²) in [5.41, 5.74) is 3.16. The molecule has 1 aliphatic rings. The summed E-state index contributed by atoms with van der Waals surface area (Å²) >= 11 is 1.37. The molecule has 2 N–H and O–H groups in total. The quantitative estimate of drug-likeness (QED) is 0.627. The van der Waals surface area contributed by atoms with Crippen LogP contribution in [0.1, 0.15) is 36.6 Å².